The standard InChI is InChI=1S/C19H28N4O7S/c1-28-15-2-4-16(5-3-15)31(26,27)23-10-13-30-17(23)14-21-19(25)18(24)20-6-7-22-8-11-29-12-9-22/h2-5,17H,6-14H2,1H3,(H,20,24)(H,21,25). The number of hydrogen-bond acceptors (Lipinski definition) is 8. The molecule has 2 N–H and O–H groups in total. The van der Waals surface area contributed by atoms with Crippen molar-refractivity contribution < 1.29 is 32.2 Å². The first-order valence-corrected chi connectivity index (χ1v) is 11.5. The molecule has 2 aliphatic rings. The molecule has 2 aliphatic heterocycles. The van der Waals surface area contributed by atoms with Gasteiger partial charge in [-0.05, 0) is 24.3 Å². The van der Waals surface area contributed by atoms with E-state index in [9.17, 15) is 18.0 Å². The number of nitrogens with one attached hydrogen (secondary N) is 2. The summed E-state index contributed by atoms with van der Waals surface area (Å²) < 4.78 is 42.8. The molecule has 2 heterocycles. The summed E-state index contributed by atoms with van der Waals surface area (Å²) in [5.74, 6) is -1.06. The van der Waals surface area contributed by atoms with Crippen LogP contribution in [-0.2, 0) is 29.1 Å². The minimum Gasteiger partial charge on any atom is -0.497 e. The van der Waals surface area contributed by atoms with E-state index < -0.39 is 28.1 Å². The molecule has 0 saturated carbocycles. The highest BCUT2D eigenvalue weighted by Gasteiger charge is 2.36. The predicted octanol–water partition coefficient (Wildman–Crippen LogP) is -1.39. The monoisotopic (exact) mass is 456 g/mol. The van der Waals surface area contributed by atoms with Crippen molar-refractivity contribution in [2.75, 3.05) is 66.2 Å². The van der Waals surface area contributed by atoms with Gasteiger partial charge in [0, 0.05) is 32.7 Å². The van der Waals surface area contributed by atoms with E-state index in [1.807, 2.05) is 0 Å². The van der Waals surface area contributed by atoms with Crippen molar-refractivity contribution in [3.63, 3.8) is 0 Å². The molecule has 2 saturated heterocycles. The third-order valence-corrected chi connectivity index (χ3v) is 6.97. The van der Waals surface area contributed by atoms with Crippen LogP contribution in [0.15, 0.2) is 29.2 Å². The van der Waals surface area contributed by atoms with Crippen LogP contribution in [-0.4, -0.2) is 102 Å². The van der Waals surface area contributed by atoms with Gasteiger partial charge in [0.2, 0.25) is 10.0 Å². The van der Waals surface area contributed by atoms with Crippen LogP contribution in [0.4, 0.5) is 0 Å². The van der Waals surface area contributed by atoms with Crippen molar-refractivity contribution >= 4 is 21.8 Å². The van der Waals surface area contributed by atoms with Gasteiger partial charge in [-0.15, -0.1) is 0 Å². The van der Waals surface area contributed by atoms with Gasteiger partial charge in [0.15, 0.2) is 0 Å². The Balaban J connectivity index is 1.48. The Morgan fingerprint density at radius 3 is 2.42 bits per heavy atom. The van der Waals surface area contributed by atoms with Gasteiger partial charge in [-0.2, -0.15) is 4.31 Å². The largest absolute Gasteiger partial charge is 0.497 e. The number of morpholine rings is 1. The zero-order valence-electron chi connectivity index (χ0n) is 17.4. The number of methoxy groups -OCH3 is 1. The molecule has 12 heteroatoms. The first kappa shape index (κ1) is 23.4. The van der Waals surface area contributed by atoms with Gasteiger partial charge in [-0.25, -0.2) is 8.42 Å². The van der Waals surface area contributed by atoms with Crippen molar-refractivity contribution in [2.45, 2.75) is 11.1 Å². The highest BCUT2D eigenvalue weighted by molar-refractivity contribution is 7.89. The summed E-state index contributed by atoms with van der Waals surface area (Å²) in [6, 6.07) is 6.01. The molecule has 3 rings (SSSR count). The molecule has 11 nitrogen and oxygen atoms in total. The molecular weight excluding hydrogens is 428 g/mol. The third kappa shape index (κ3) is 6.14. The molecule has 0 spiro atoms. The number of amides is 2. The fourth-order valence-corrected chi connectivity index (χ4v) is 4.83. The third-order valence-electron chi connectivity index (χ3n) is 5.07. The number of nitrogens with zero attached hydrogens (tertiary/aromatic N) is 2. The van der Waals surface area contributed by atoms with Gasteiger partial charge in [-0.1, -0.05) is 0 Å². The summed E-state index contributed by atoms with van der Waals surface area (Å²) in [6.45, 7) is 4.08. The Bertz CT molecular complexity index is 857. The van der Waals surface area contributed by atoms with E-state index in [4.69, 9.17) is 14.2 Å². The fourth-order valence-electron chi connectivity index (χ4n) is 3.32. The number of benzene rings is 1. The van der Waals surface area contributed by atoms with Crippen LogP contribution in [0.5, 0.6) is 5.75 Å². The number of hydrogen-bond donors (Lipinski definition) is 2. The summed E-state index contributed by atoms with van der Waals surface area (Å²) in [7, 11) is -2.33. The maximum Gasteiger partial charge on any atom is 0.309 e. The van der Waals surface area contributed by atoms with Crippen molar-refractivity contribution in [3.05, 3.63) is 24.3 Å². The summed E-state index contributed by atoms with van der Waals surface area (Å²) in [6.07, 6.45) is -0.891. The second kappa shape index (κ2) is 10.9. The Labute approximate surface area is 181 Å². The van der Waals surface area contributed by atoms with Gasteiger partial charge in [0.1, 0.15) is 12.0 Å². The maximum absolute atomic E-state index is 12.9. The second-order valence-electron chi connectivity index (χ2n) is 7.04. The summed E-state index contributed by atoms with van der Waals surface area (Å²) in [5.41, 5.74) is 0. The first-order chi connectivity index (χ1) is 14.9. The van der Waals surface area contributed by atoms with Gasteiger partial charge in [0.05, 0.1) is 38.4 Å². The van der Waals surface area contributed by atoms with Gasteiger partial charge in [0.25, 0.3) is 0 Å². The van der Waals surface area contributed by atoms with E-state index in [-0.39, 0.29) is 24.6 Å². The molecule has 1 aromatic rings. The van der Waals surface area contributed by atoms with Crippen LogP contribution in [0.2, 0.25) is 0 Å². The van der Waals surface area contributed by atoms with E-state index in [2.05, 4.69) is 15.5 Å². The lowest BCUT2D eigenvalue weighted by molar-refractivity contribution is -0.139. The average Bonchev–Trinajstić information content (AvgIpc) is 3.27. The molecule has 0 radical (unpaired) electrons. The SMILES string of the molecule is COc1ccc(S(=O)(=O)N2CCOC2CNC(=O)C(=O)NCCN2CCOCC2)cc1. The zero-order chi connectivity index (χ0) is 22.3. The summed E-state index contributed by atoms with van der Waals surface area (Å²) in [5, 5.41) is 5.01. The van der Waals surface area contributed by atoms with E-state index in [1.165, 1.54) is 23.5 Å². The van der Waals surface area contributed by atoms with Gasteiger partial charge >= 0.3 is 11.8 Å². The van der Waals surface area contributed by atoms with E-state index in [0.717, 1.165) is 13.1 Å². The molecule has 2 amide bonds. The van der Waals surface area contributed by atoms with Crippen molar-refractivity contribution in [2.24, 2.45) is 0 Å². The molecular formula is C19H28N4O7S. The minimum absolute atomic E-state index is 0.0935. The quantitative estimate of drug-likeness (QED) is 0.458. The van der Waals surface area contributed by atoms with Crippen molar-refractivity contribution in [1.29, 1.82) is 0 Å². The Morgan fingerprint density at radius 1 is 1.06 bits per heavy atom. The van der Waals surface area contributed by atoms with Crippen LogP contribution >= 0.6 is 0 Å². The van der Waals surface area contributed by atoms with Gasteiger partial charge in [-0.3, -0.25) is 14.5 Å². The fraction of sp³-hybridized carbons (Fsp3) is 0.579. The second-order valence-corrected chi connectivity index (χ2v) is 8.93. The molecule has 0 aromatic heterocycles. The molecule has 1 atom stereocenters. The zero-order valence-corrected chi connectivity index (χ0v) is 18.2. The molecule has 1 aromatic carbocycles. The predicted molar refractivity (Wildman–Crippen MR) is 110 cm³/mol. The normalized spacial score (nSPS) is 20.4. The minimum atomic E-state index is -3.82. The lowest BCUT2D eigenvalue weighted by Crippen LogP contribution is -2.48. The summed E-state index contributed by atoms with van der Waals surface area (Å²) >= 11 is 0. The molecule has 0 bridgehead atoms. The molecule has 31 heavy (non-hydrogen) atoms. The maximum atomic E-state index is 12.9. The van der Waals surface area contributed by atoms with Crippen molar-refractivity contribution in [3.8, 4) is 5.75 Å². The number of ether oxygens (including phenoxy) is 3. The molecule has 1 unspecified atom stereocenters. The highest BCUT2D eigenvalue weighted by Crippen LogP contribution is 2.23. The molecule has 2 fully saturated rings. The van der Waals surface area contributed by atoms with Crippen molar-refractivity contribution in [1.82, 2.24) is 19.8 Å². The average molecular weight is 457 g/mol. The lowest BCUT2D eigenvalue weighted by atomic mass is 10.3. The van der Waals surface area contributed by atoms with Crippen LogP contribution in [0, 0.1) is 0 Å². The lowest BCUT2D eigenvalue weighted by Gasteiger charge is -2.26. The Morgan fingerprint density at radius 2 is 1.74 bits per heavy atom. The van der Waals surface area contributed by atoms with Crippen LogP contribution < -0.4 is 15.4 Å². The number of carbonyl (C=O) groups excluding carboxylic acids is 2. The highest BCUT2D eigenvalue weighted by atomic mass is 32.2. The van der Waals surface area contributed by atoms with E-state index in [1.54, 1.807) is 12.1 Å². The Kier molecular flexibility index (Phi) is 8.21. The smallest absolute Gasteiger partial charge is 0.309 e. The summed E-state index contributed by atoms with van der Waals surface area (Å²) in [4.78, 5) is 26.3. The van der Waals surface area contributed by atoms with E-state index in [0.29, 0.717) is 32.1 Å². The van der Waals surface area contributed by atoms with Gasteiger partial charge < -0.3 is 24.8 Å². The molecule has 0 aliphatic carbocycles. The van der Waals surface area contributed by atoms with Crippen LogP contribution in [0.1, 0.15) is 0 Å². The number of sulfonamides is 1. The molecule has 172 valence electrons. The number of carbonyl (C=O) groups is 2. The topological polar surface area (TPSA) is 127 Å². The van der Waals surface area contributed by atoms with Crippen LogP contribution in [0.25, 0.3) is 0 Å². The Hall–Kier alpha value is -2.25. The first-order valence-electron chi connectivity index (χ1n) is 10.1. The number of rotatable bonds is 8. The van der Waals surface area contributed by atoms with E-state index >= 15 is 0 Å². The van der Waals surface area contributed by atoms with Crippen LogP contribution in [0.3, 0.4) is 0 Å².